The highest BCUT2D eigenvalue weighted by Crippen LogP contribution is 2.33. The molecule has 3 aromatic rings. The Labute approximate surface area is 229 Å². The topological polar surface area (TPSA) is 114 Å². The summed E-state index contributed by atoms with van der Waals surface area (Å²) in [4.78, 5) is 27.7. The number of sulfonamides is 1. The average Bonchev–Trinajstić information content (AvgIpc) is 2.96. The zero-order chi connectivity index (χ0) is 27.7. The van der Waals surface area contributed by atoms with Crippen LogP contribution in [-0.4, -0.2) is 52.6 Å². The number of amides is 2. The largest absolute Gasteiger partial charge is 0.484 e. The monoisotopic (exact) mass is 551 g/mol. The molecule has 0 radical (unpaired) electrons. The van der Waals surface area contributed by atoms with Crippen molar-refractivity contribution < 1.29 is 27.5 Å². The molecule has 1 aliphatic rings. The van der Waals surface area contributed by atoms with Crippen LogP contribution in [0, 0.1) is 0 Å². The number of carbonyl (C=O) groups is 2. The second-order valence-electron chi connectivity index (χ2n) is 9.12. The molecular formula is C29H33N3O6S. The van der Waals surface area contributed by atoms with E-state index in [0.717, 1.165) is 18.4 Å². The number of fused-ring (bicyclic) bond motifs is 1. The van der Waals surface area contributed by atoms with Crippen molar-refractivity contribution in [1.29, 1.82) is 0 Å². The lowest BCUT2D eigenvalue weighted by Gasteiger charge is -2.34. The molecule has 1 aliphatic heterocycles. The molecule has 4 rings (SSSR count). The van der Waals surface area contributed by atoms with Crippen molar-refractivity contribution in [2.24, 2.45) is 0 Å². The van der Waals surface area contributed by atoms with Crippen molar-refractivity contribution in [2.45, 2.75) is 37.2 Å². The summed E-state index contributed by atoms with van der Waals surface area (Å²) in [5.41, 5.74) is 1.67. The molecule has 0 bridgehead atoms. The summed E-state index contributed by atoms with van der Waals surface area (Å²) in [7, 11) is -3.60. The van der Waals surface area contributed by atoms with E-state index >= 15 is 0 Å². The van der Waals surface area contributed by atoms with E-state index in [9.17, 15) is 18.0 Å². The van der Waals surface area contributed by atoms with Gasteiger partial charge in [-0.2, -0.15) is 0 Å². The Kier molecular flexibility index (Phi) is 9.56. The van der Waals surface area contributed by atoms with Gasteiger partial charge in [0, 0.05) is 13.1 Å². The van der Waals surface area contributed by atoms with Crippen LogP contribution in [0.3, 0.4) is 0 Å². The molecule has 1 atom stereocenters. The van der Waals surface area contributed by atoms with Crippen molar-refractivity contribution in [3.05, 3.63) is 84.4 Å². The number of carbonyl (C=O) groups excluding carboxylic acids is 2. The highest BCUT2D eigenvalue weighted by molar-refractivity contribution is 7.89. The third kappa shape index (κ3) is 7.58. The summed E-state index contributed by atoms with van der Waals surface area (Å²) >= 11 is 0. The quantitative estimate of drug-likeness (QED) is 0.334. The second-order valence-corrected chi connectivity index (χ2v) is 10.9. The minimum atomic E-state index is -3.60. The molecule has 10 heteroatoms. The zero-order valence-electron chi connectivity index (χ0n) is 21.8. The molecule has 2 N–H and O–H groups in total. The Bertz CT molecular complexity index is 1360. The SMILES string of the molecule is CCCCNS(=O)(=O)c1ccc(OCC(=O)N2CC(C(=O)NCCc3ccccc3)Oc3ccccc32)cc1. The van der Waals surface area contributed by atoms with Gasteiger partial charge in [-0.15, -0.1) is 0 Å². The molecule has 206 valence electrons. The fourth-order valence-corrected chi connectivity index (χ4v) is 5.17. The summed E-state index contributed by atoms with van der Waals surface area (Å²) in [5, 5.41) is 2.89. The normalized spacial score (nSPS) is 14.7. The lowest BCUT2D eigenvalue weighted by atomic mass is 10.1. The van der Waals surface area contributed by atoms with Gasteiger partial charge in [-0.3, -0.25) is 9.59 Å². The maximum absolute atomic E-state index is 13.2. The van der Waals surface area contributed by atoms with Crippen LogP contribution in [0.25, 0.3) is 0 Å². The van der Waals surface area contributed by atoms with Crippen LogP contribution in [-0.2, 0) is 26.0 Å². The number of para-hydroxylation sites is 2. The van der Waals surface area contributed by atoms with E-state index < -0.39 is 16.1 Å². The molecule has 0 aromatic heterocycles. The van der Waals surface area contributed by atoms with Gasteiger partial charge in [0.2, 0.25) is 10.0 Å². The predicted octanol–water partition coefficient (Wildman–Crippen LogP) is 3.30. The zero-order valence-corrected chi connectivity index (χ0v) is 22.7. The second kappa shape index (κ2) is 13.3. The number of nitrogens with zero attached hydrogens (tertiary/aromatic N) is 1. The Morgan fingerprint density at radius 3 is 2.44 bits per heavy atom. The van der Waals surface area contributed by atoms with E-state index in [4.69, 9.17) is 9.47 Å². The summed E-state index contributed by atoms with van der Waals surface area (Å²) in [6.07, 6.45) is 1.45. The molecule has 2 amide bonds. The predicted molar refractivity (Wildman–Crippen MR) is 148 cm³/mol. The lowest BCUT2D eigenvalue weighted by Crippen LogP contribution is -2.52. The molecule has 9 nitrogen and oxygen atoms in total. The molecule has 39 heavy (non-hydrogen) atoms. The van der Waals surface area contributed by atoms with Crippen LogP contribution < -0.4 is 24.4 Å². The molecule has 3 aromatic carbocycles. The highest BCUT2D eigenvalue weighted by Gasteiger charge is 2.33. The van der Waals surface area contributed by atoms with Crippen molar-refractivity contribution in [2.75, 3.05) is 31.1 Å². The number of ether oxygens (including phenoxy) is 2. The third-order valence-electron chi connectivity index (χ3n) is 6.24. The maximum Gasteiger partial charge on any atom is 0.265 e. The first-order valence-electron chi connectivity index (χ1n) is 13.0. The number of hydrogen-bond acceptors (Lipinski definition) is 6. The molecule has 0 aliphatic carbocycles. The molecule has 0 fully saturated rings. The first-order valence-corrected chi connectivity index (χ1v) is 14.5. The van der Waals surface area contributed by atoms with Crippen LogP contribution in [0.1, 0.15) is 25.3 Å². The molecular weight excluding hydrogens is 518 g/mol. The van der Waals surface area contributed by atoms with E-state index in [1.54, 1.807) is 24.3 Å². The van der Waals surface area contributed by atoms with Gasteiger partial charge >= 0.3 is 0 Å². The van der Waals surface area contributed by atoms with Crippen LogP contribution >= 0.6 is 0 Å². The van der Waals surface area contributed by atoms with E-state index in [2.05, 4.69) is 10.0 Å². The first kappa shape index (κ1) is 28.1. The van der Waals surface area contributed by atoms with E-state index in [-0.39, 0.29) is 29.9 Å². The Morgan fingerprint density at radius 2 is 1.69 bits per heavy atom. The highest BCUT2D eigenvalue weighted by atomic mass is 32.2. The molecule has 0 saturated heterocycles. The fraction of sp³-hybridized carbons (Fsp3) is 0.310. The Balaban J connectivity index is 1.36. The summed E-state index contributed by atoms with van der Waals surface area (Å²) < 4.78 is 38.9. The van der Waals surface area contributed by atoms with Gasteiger partial charge in [0.25, 0.3) is 11.8 Å². The Hall–Kier alpha value is -3.89. The van der Waals surface area contributed by atoms with Gasteiger partial charge in [0.1, 0.15) is 11.5 Å². The van der Waals surface area contributed by atoms with Gasteiger partial charge in [-0.1, -0.05) is 55.8 Å². The van der Waals surface area contributed by atoms with Gasteiger partial charge in [0.15, 0.2) is 12.7 Å². The van der Waals surface area contributed by atoms with Crippen LogP contribution in [0.2, 0.25) is 0 Å². The van der Waals surface area contributed by atoms with Gasteiger partial charge in [0.05, 0.1) is 17.1 Å². The smallest absolute Gasteiger partial charge is 0.265 e. The van der Waals surface area contributed by atoms with Crippen LogP contribution in [0.5, 0.6) is 11.5 Å². The van der Waals surface area contributed by atoms with Crippen molar-refractivity contribution in [1.82, 2.24) is 10.0 Å². The number of hydrogen-bond donors (Lipinski definition) is 2. The van der Waals surface area contributed by atoms with Gasteiger partial charge < -0.3 is 19.7 Å². The fourth-order valence-electron chi connectivity index (χ4n) is 4.10. The lowest BCUT2D eigenvalue weighted by molar-refractivity contribution is -0.128. The van der Waals surface area contributed by atoms with E-state index in [1.807, 2.05) is 37.3 Å². The van der Waals surface area contributed by atoms with Gasteiger partial charge in [-0.05, 0) is 54.8 Å². The summed E-state index contributed by atoms with van der Waals surface area (Å²) in [6, 6.07) is 22.8. The summed E-state index contributed by atoms with van der Waals surface area (Å²) in [6.45, 7) is 2.55. The molecule has 0 saturated carbocycles. The number of anilines is 1. The van der Waals surface area contributed by atoms with Crippen molar-refractivity contribution in [3.63, 3.8) is 0 Å². The molecule has 0 spiro atoms. The number of unbranched alkanes of at least 4 members (excludes halogenated alkanes) is 1. The van der Waals surface area contributed by atoms with E-state index in [0.29, 0.717) is 36.7 Å². The number of nitrogens with one attached hydrogen (secondary N) is 2. The number of rotatable bonds is 12. The Morgan fingerprint density at radius 1 is 0.974 bits per heavy atom. The molecule has 1 heterocycles. The molecule has 1 unspecified atom stereocenters. The minimum Gasteiger partial charge on any atom is -0.484 e. The first-order chi connectivity index (χ1) is 18.9. The average molecular weight is 552 g/mol. The van der Waals surface area contributed by atoms with Crippen molar-refractivity contribution in [3.8, 4) is 11.5 Å². The van der Waals surface area contributed by atoms with Gasteiger partial charge in [-0.25, -0.2) is 13.1 Å². The third-order valence-corrected chi connectivity index (χ3v) is 7.72. The minimum absolute atomic E-state index is 0.0387. The van der Waals surface area contributed by atoms with E-state index in [1.165, 1.54) is 29.2 Å². The standard InChI is InChI=1S/C29H33N3O6S/c1-2-3-18-31-39(35,36)24-15-13-23(14-16-24)37-21-28(33)32-20-27(38-26-12-8-7-11-25(26)32)29(34)30-19-17-22-9-5-4-6-10-22/h4-16,27,31H,2-3,17-21H2,1H3,(H,30,34). The maximum atomic E-state index is 13.2. The van der Waals surface area contributed by atoms with Crippen LogP contribution in [0.4, 0.5) is 5.69 Å². The van der Waals surface area contributed by atoms with Crippen molar-refractivity contribution >= 4 is 27.5 Å². The van der Waals surface area contributed by atoms with Crippen LogP contribution in [0.15, 0.2) is 83.8 Å². The summed E-state index contributed by atoms with van der Waals surface area (Å²) in [5.74, 6) is 0.132. The number of benzene rings is 3.